The number of allylic oxidation sites excluding steroid dienone is 2. The van der Waals surface area contributed by atoms with Crippen molar-refractivity contribution in [1.82, 2.24) is 10.6 Å². The number of carbonyl (C=O) groups excluding carboxylic acids is 1. The Labute approximate surface area is 68.4 Å². The fraction of sp³-hybridized carbons (Fsp3) is 0.143. The highest BCUT2D eigenvalue weighted by Gasteiger charge is 2.38. The Kier molecular flexibility index (Phi) is 1.21. The predicted octanol–water partition coefficient (Wildman–Crippen LogP) is -0.0483. The molecule has 0 saturated carbocycles. The molecule has 3 N–H and O–H groups in total. The van der Waals surface area contributed by atoms with Gasteiger partial charge in [-0.05, 0) is 24.3 Å². The van der Waals surface area contributed by atoms with Crippen molar-refractivity contribution in [2.45, 2.75) is 5.66 Å². The van der Waals surface area contributed by atoms with Crippen LogP contribution < -0.4 is 10.6 Å². The quantitative estimate of drug-likeness (QED) is 0.348. The van der Waals surface area contributed by atoms with Gasteiger partial charge in [0.25, 0.3) is 0 Å². The summed E-state index contributed by atoms with van der Waals surface area (Å²) in [5.74, 6) is 0. The number of hydrogen-bond donors (Lipinski definition) is 3. The lowest BCUT2D eigenvalue weighted by Crippen LogP contribution is -2.72. The minimum atomic E-state index is -0.550. The summed E-state index contributed by atoms with van der Waals surface area (Å²) >= 11 is 0. The first-order valence-electron chi connectivity index (χ1n) is 3.45. The first kappa shape index (κ1) is 6.90. The lowest BCUT2D eigenvalue weighted by Gasteiger charge is -2.39. The molecule has 62 valence electrons. The van der Waals surface area contributed by atoms with E-state index in [9.17, 15) is 4.79 Å². The molecule has 12 heavy (non-hydrogen) atoms. The van der Waals surface area contributed by atoms with Gasteiger partial charge >= 0.3 is 6.03 Å². The highest BCUT2D eigenvalue weighted by atomic mass is 16.4. The van der Waals surface area contributed by atoms with Crippen LogP contribution in [0.4, 0.5) is 4.79 Å². The predicted molar refractivity (Wildman–Crippen MR) is 41.9 cm³/mol. The summed E-state index contributed by atoms with van der Waals surface area (Å²) in [7, 11) is 0. The van der Waals surface area contributed by atoms with Crippen LogP contribution in [0.3, 0.4) is 0 Å². The van der Waals surface area contributed by atoms with Crippen LogP contribution in [0.2, 0.25) is 0 Å². The molecule has 0 bridgehead atoms. The van der Waals surface area contributed by atoms with Crippen LogP contribution in [0.15, 0.2) is 29.5 Å². The molecule has 1 saturated heterocycles. The molecule has 1 aliphatic carbocycles. The van der Waals surface area contributed by atoms with Gasteiger partial charge in [-0.15, -0.1) is 0 Å². The smallest absolute Gasteiger partial charge is 0.319 e. The minimum Gasteiger partial charge on any atom is -0.410 e. The van der Waals surface area contributed by atoms with Gasteiger partial charge in [-0.2, -0.15) is 0 Å². The topological polar surface area (TPSA) is 73.7 Å². The van der Waals surface area contributed by atoms with Crippen molar-refractivity contribution in [3.05, 3.63) is 24.3 Å². The van der Waals surface area contributed by atoms with Crippen LogP contribution in [0.25, 0.3) is 0 Å². The van der Waals surface area contributed by atoms with Crippen molar-refractivity contribution in [2.75, 3.05) is 0 Å². The van der Waals surface area contributed by atoms with Crippen LogP contribution in [-0.2, 0) is 0 Å². The van der Waals surface area contributed by atoms with E-state index in [0.717, 1.165) is 0 Å². The van der Waals surface area contributed by atoms with E-state index < -0.39 is 5.66 Å². The summed E-state index contributed by atoms with van der Waals surface area (Å²) in [5.41, 5.74) is -0.0887. The Hall–Kier alpha value is -1.78. The monoisotopic (exact) mass is 165 g/mol. The number of nitrogens with one attached hydrogen (secondary N) is 2. The molecule has 1 heterocycles. The van der Waals surface area contributed by atoms with E-state index in [1.807, 2.05) is 0 Å². The molecule has 5 nitrogen and oxygen atoms in total. The second-order valence-electron chi connectivity index (χ2n) is 2.64. The highest BCUT2D eigenvalue weighted by Crippen LogP contribution is 2.16. The number of amides is 2. The Morgan fingerprint density at radius 1 is 1.33 bits per heavy atom. The van der Waals surface area contributed by atoms with Gasteiger partial charge in [0.15, 0.2) is 5.66 Å². The normalized spacial score (nSPS) is 23.0. The highest BCUT2D eigenvalue weighted by molar-refractivity contribution is 6.05. The van der Waals surface area contributed by atoms with Crippen molar-refractivity contribution in [1.29, 1.82) is 0 Å². The summed E-state index contributed by atoms with van der Waals surface area (Å²) in [6, 6.07) is -0.200. The molecule has 0 radical (unpaired) electrons. The first-order chi connectivity index (χ1) is 5.74. The Morgan fingerprint density at radius 2 is 1.92 bits per heavy atom. The van der Waals surface area contributed by atoms with Gasteiger partial charge in [0.2, 0.25) is 0 Å². The fourth-order valence-electron chi connectivity index (χ4n) is 1.15. The molecule has 0 aromatic carbocycles. The zero-order valence-corrected chi connectivity index (χ0v) is 6.11. The molecule has 0 aromatic heterocycles. The molecule has 2 aliphatic rings. The van der Waals surface area contributed by atoms with E-state index in [4.69, 9.17) is 5.21 Å². The van der Waals surface area contributed by atoms with E-state index in [1.165, 1.54) is 0 Å². The Bertz CT molecular complexity index is 291. The van der Waals surface area contributed by atoms with Crippen molar-refractivity contribution in [2.24, 2.45) is 5.16 Å². The van der Waals surface area contributed by atoms with Gasteiger partial charge in [0.1, 0.15) is 5.71 Å². The molecule has 1 fully saturated rings. The van der Waals surface area contributed by atoms with E-state index in [-0.39, 0.29) is 6.03 Å². The summed E-state index contributed by atoms with van der Waals surface area (Å²) in [6.07, 6.45) is 6.66. The zero-order chi connectivity index (χ0) is 8.60. The largest absolute Gasteiger partial charge is 0.410 e. The average Bonchev–Trinajstić information content (AvgIpc) is 2.04. The minimum absolute atomic E-state index is 0.200. The number of nitrogens with zero attached hydrogens (tertiary/aromatic N) is 1. The number of hydrogen-bond acceptors (Lipinski definition) is 3. The molecule has 5 heteroatoms. The first-order valence-corrected chi connectivity index (χ1v) is 3.45. The van der Waals surface area contributed by atoms with Gasteiger partial charge in [-0.25, -0.2) is 4.79 Å². The molecule has 0 unspecified atom stereocenters. The van der Waals surface area contributed by atoms with E-state index in [0.29, 0.717) is 5.71 Å². The number of oxime groups is 1. The summed E-state index contributed by atoms with van der Waals surface area (Å²) in [4.78, 5) is 10.6. The lowest BCUT2D eigenvalue weighted by atomic mass is 10.00. The molecule has 0 aromatic rings. The Balaban J connectivity index is 2.17. The van der Waals surface area contributed by atoms with Gasteiger partial charge in [0.05, 0.1) is 0 Å². The van der Waals surface area contributed by atoms with Crippen LogP contribution in [0, 0.1) is 0 Å². The van der Waals surface area contributed by atoms with Crippen LogP contribution >= 0.6 is 0 Å². The van der Waals surface area contributed by atoms with E-state index >= 15 is 0 Å². The third-order valence-electron chi connectivity index (χ3n) is 1.79. The molecular weight excluding hydrogens is 158 g/mol. The second-order valence-corrected chi connectivity index (χ2v) is 2.64. The summed E-state index contributed by atoms with van der Waals surface area (Å²) in [5, 5.41) is 16.7. The maximum Gasteiger partial charge on any atom is 0.319 e. The van der Waals surface area contributed by atoms with Gasteiger partial charge < -0.3 is 15.8 Å². The summed E-state index contributed by atoms with van der Waals surface area (Å²) in [6.45, 7) is 0. The third-order valence-corrected chi connectivity index (χ3v) is 1.79. The van der Waals surface area contributed by atoms with Gasteiger partial charge in [0, 0.05) is 0 Å². The molecular formula is C7H7N3O2. The fourth-order valence-corrected chi connectivity index (χ4v) is 1.15. The van der Waals surface area contributed by atoms with E-state index in [2.05, 4.69) is 15.8 Å². The zero-order valence-electron chi connectivity index (χ0n) is 6.11. The van der Waals surface area contributed by atoms with Crippen LogP contribution in [0.1, 0.15) is 0 Å². The molecule has 1 aliphatic heterocycles. The van der Waals surface area contributed by atoms with Crippen molar-refractivity contribution in [3.8, 4) is 0 Å². The van der Waals surface area contributed by atoms with Crippen LogP contribution in [0.5, 0.6) is 0 Å². The second kappa shape index (κ2) is 2.10. The average molecular weight is 165 g/mol. The van der Waals surface area contributed by atoms with E-state index in [1.54, 1.807) is 24.3 Å². The maximum absolute atomic E-state index is 10.6. The van der Waals surface area contributed by atoms with Crippen molar-refractivity contribution in [3.63, 3.8) is 0 Å². The Morgan fingerprint density at radius 3 is 2.33 bits per heavy atom. The number of rotatable bonds is 0. The van der Waals surface area contributed by atoms with Gasteiger partial charge in [-0.1, -0.05) is 5.16 Å². The SMILES string of the molecule is O=C1NC2(C=CC(=NO)C=C2)N1. The number of urea groups is 1. The molecule has 2 amide bonds. The van der Waals surface area contributed by atoms with Crippen LogP contribution in [-0.4, -0.2) is 22.6 Å². The van der Waals surface area contributed by atoms with Crippen molar-refractivity contribution >= 4 is 11.7 Å². The maximum atomic E-state index is 10.6. The van der Waals surface area contributed by atoms with Gasteiger partial charge in [-0.3, -0.25) is 0 Å². The molecule has 1 spiro atoms. The lowest BCUT2D eigenvalue weighted by molar-refractivity contribution is 0.200. The number of carbonyl (C=O) groups is 1. The molecule has 2 rings (SSSR count). The standard InChI is InChI=1S/C7H7N3O2/c11-6-8-7(9-6)3-1-5(10-12)2-4-7/h1-4,12H,(H2,8,9,11). The van der Waals surface area contributed by atoms with Crippen molar-refractivity contribution < 1.29 is 10.0 Å². The summed E-state index contributed by atoms with van der Waals surface area (Å²) < 4.78 is 0. The molecule has 0 atom stereocenters. The third kappa shape index (κ3) is 0.868.